The van der Waals surface area contributed by atoms with Crippen molar-refractivity contribution in [1.82, 2.24) is 4.57 Å². The predicted molar refractivity (Wildman–Crippen MR) is 80.2 cm³/mol. The van der Waals surface area contributed by atoms with E-state index >= 15 is 0 Å². The van der Waals surface area contributed by atoms with Gasteiger partial charge in [0.2, 0.25) is 0 Å². The Bertz CT molecular complexity index is 780. The van der Waals surface area contributed by atoms with Crippen LogP contribution in [0, 0.1) is 6.92 Å². The molecule has 0 bridgehead atoms. The van der Waals surface area contributed by atoms with E-state index in [1.165, 1.54) is 0 Å². The maximum atomic E-state index is 10.9. The Labute approximate surface area is 122 Å². The first-order valence-electron chi connectivity index (χ1n) is 6.62. The van der Waals surface area contributed by atoms with Crippen molar-refractivity contribution >= 4 is 5.97 Å². The molecule has 0 saturated carbocycles. The number of rotatable bonds is 3. The quantitative estimate of drug-likeness (QED) is 0.790. The van der Waals surface area contributed by atoms with E-state index in [9.17, 15) is 4.79 Å². The average Bonchev–Trinajstić information content (AvgIpc) is 3.08. The summed E-state index contributed by atoms with van der Waals surface area (Å²) in [6.45, 7) is 2.03. The fraction of sp³-hybridized carbons (Fsp3) is 0.118. The van der Waals surface area contributed by atoms with Gasteiger partial charge in [0, 0.05) is 18.3 Å². The van der Waals surface area contributed by atoms with E-state index in [0.29, 0.717) is 0 Å². The van der Waals surface area contributed by atoms with Gasteiger partial charge in [-0.15, -0.1) is 0 Å². The van der Waals surface area contributed by atoms with Crippen LogP contribution in [0.5, 0.6) is 0 Å². The summed E-state index contributed by atoms with van der Waals surface area (Å²) in [7, 11) is 1.99. The van der Waals surface area contributed by atoms with E-state index in [2.05, 4.69) is 10.6 Å². The van der Waals surface area contributed by atoms with Gasteiger partial charge in [0.15, 0.2) is 5.76 Å². The Morgan fingerprint density at radius 3 is 2.48 bits per heavy atom. The Morgan fingerprint density at radius 2 is 1.90 bits per heavy atom. The van der Waals surface area contributed by atoms with Crippen molar-refractivity contribution in [2.75, 3.05) is 0 Å². The zero-order valence-electron chi connectivity index (χ0n) is 11.8. The number of carboxylic acids is 1. The van der Waals surface area contributed by atoms with Gasteiger partial charge in [-0.05, 0) is 42.8 Å². The highest BCUT2D eigenvalue weighted by Gasteiger charge is 2.16. The average molecular weight is 281 g/mol. The van der Waals surface area contributed by atoms with Crippen molar-refractivity contribution in [3.05, 3.63) is 60.0 Å². The lowest BCUT2D eigenvalue weighted by atomic mass is 10.0. The molecule has 1 N–H and O–H groups in total. The van der Waals surface area contributed by atoms with E-state index in [4.69, 9.17) is 9.52 Å². The summed E-state index contributed by atoms with van der Waals surface area (Å²) in [4.78, 5) is 10.9. The van der Waals surface area contributed by atoms with Crippen LogP contribution in [0.1, 0.15) is 16.1 Å². The summed E-state index contributed by atoms with van der Waals surface area (Å²) in [5.74, 6) is -0.125. The highest BCUT2D eigenvalue weighted by molar-refractivity contribution is 5.89. The van der Waals surface area contributed by atoms with Crippen molar-refractivity contribution < 1.29 is 14.3 Å². The van der Waals surface area contributed by atoms with Crippen LogP contribution in [0.4, 0.5) is 0 Å². The van der Waals surface area contributed by atoms with Crippen molar-refractivity contribution in [2.45, 2.75) is 6.92 Å². The molecule has 0 unspecified atom stereocenters. The molecule has 0 atom stereocenters. The van der Waals surface area contributed by atoms with E-state index in [-0.39, 0.29) is 5.56 Å². The molecule has 0 radical (unpaired) electrons. The molecule has 0 aliphatic carbocycles. The van der Waals surface area contributed by atoms with Gasteiger partial charge >= 0.3 is 5.97 Å². The molecule has 0 fully saturated rings. The van der Waals surface area contributed by atoms with Crippen LogP contribution in [0.3, 0.4) is 0 Å². The molecule has 0 saturated heterocycles. The molecule has 3 rings (SSSR count). The second kappa shape index (κ2) is 4.98. The summed E-state index contributed by atoms with van der Waals surface area (Å²) in [5.41, 5.74) is 4.38. The number of furan rings is 1. The molecule has 4 nitrogen and oxygen atoms in total. The lowest BCUT2D eigenvalue weighted by Gasteiger charge is -2.06. The smallest absolute Gasteiger partial charge is 0.335 e. The first-order valence-corrected chi connectivity index (χ1v) is 6.62. The molecule has 0 aliphatic heterocycles. The van der Waals surface area contributed by atoms with Gasteiger partial charge < -0.3 is 14.1 Å². The number of hydrogen-bond acceptors (Lipinski definition) is 2. The molecule has 2 heterocycles. The van der Waals surface area contributed by atoms with Crippen molar-refractivity contribution in [3.8, 4) is 22.6 Å². The van der Waals surface area contributed by atoms with Crippen LogP contribution >= 0.6 is 0 Å². The Kier molecular flexibility index (Phi) is 3.14. The molecule has 1 aromatic carbocycles. The van der Waals surface area contributed by atoms with Crippen LogP contribution in [-0.2, 0) is 7.05 Å². The summed E-state index contributed by atoms with van der Waals surface area (Å²) in [5, 5.41) is 8.98. The molecule has 4 heteroatoms. The van der Waals surface area contributed by atoms with Gasteiger partial charge in [0.05, 0.1) is 17.5 Å². The Balaban J connectivity index is 2.14. The number of carbonyl (C=O) groups is 1. The third-order valence-electron chi connectivity index (χ3n) is 3.67. The largest absolute Gasteiger partial charge is 0.478 e. The molecular weight excluding hydrogens is 266 g/mol. The first-order chi connectivity index (χ1) is 10.1. The third kappa shape index (κ3) is 2.25. The van der Waals surface area contributed by atoms with E-state index in [1.807, 2.05) is 38.2 Å². The number of aryl methyl sites for hydroxylation is 1. The van der Waals surface area contributed by atoms with Gasteiger partial charge in [0.1, 0.15) is 0 Å². The number of nitrogens with zero attached hydrogens (tertiary/aromatic N) is 1. The van der Waals surface area contributed by atoms with Gasteiger partial charge in [-0.1, -0.05) is 12.1 Å². The standard InChI is InChI=1S/C17H15NO3/c1-11-10-14(12-5-7-13(8-6-12)17(19)20)16(18(11)2)15-4-3-9-21-15/h3-10H,1-2H3,(H,19,20). The zero-order valence-corrected chi connectivity index (χ0v) is 11.8. The molecule has 0 aliphatic rings. The summed E-state index contributed by atoms with van der Waals surface area (Å²) < 4.78 is 7.59. The number of hydrogen-bond donors (Lipinski definition) is 1. The van der Waals surface area contributed by atoms with Crippen molar-refractivity contribution in [2.24, 2.45) is 7.05 Å². The molecule has 0 amide bonds. The Morgan fingerprint density at radius 1 is 1.19 bits per heavy atom. The second-order valence-electron chi connectivity index (χ2n) is 4.97. The topological polar surface area (TPSA) is 55.4 Å². The van der Waals surface area contributed by atoms with Crippen LogP contribution in [0.25, 0.3) is 22.6 Å². The minimum absolute atomic E-state index is 0.283. The summed E-state index contributed by atoms with van der Waals surface area (Å²) in [6, 6.07) is 12.7. The molecule has 0 spiro atoms. The molecule has 2 aromatic heterocycles. The fourth-order valence-corrected chi connectivity index (χ4v) is 2.45. The fourth-order valence-electron chi connectivity index (χ4n) is 2.45. The highest BCUT2D eigenvalue weighted by Crippen LogP contribution is 2.34. The van der Waals surface area contributed by atoms with Gasteiger partial charge in [-0.2, -0.15) is 0 Å². The van der Waals surface area contributed by atoms with Crippen LogP contribution in [0.2, 0.25) is 0 Å². The zero-order chi connectivity index (χ0) is 15.0. The minimum atomic E-state index is -0.919. The SMILES string of the molecule is Cc1cc(-c2ccc(C(=O)O)cc2)c(-c2ccco2)n1C. The lowest BCUT2D eigenvalue weighted by molar-refractivity contribution is 0.0697. The second-order valence-corrected chi connectivity index (χ2v) is 4.97. The van der Waals surface area contributed by atoms with Gasteiger partial charge in [0.25, 0.3) is 0 Å². The predicted octanol–water partition coefficient (Wildman–Crippen LogP) is 3.96. The van der Waals surface area contributed by atoms with E-state index in [0.717, 1.165) is 28.3 Å². The molecular formula is C17H15NO3. The number of carboxylic acid groups (broad SMARTS) is 1. The van der Waals surface area contributed by atoms with E-state index in [1.54, 1.807) is 18.4 Å². The third-order valence-corrected chi connectivity index (χ3v) is 3.67. The summed E-state index contributed by atoms with van der Waals surface area (Å²) in [6.07, 6.45) is 1.65. The Hall–Kier alpha value is -2.75. The van der Waals surface area contributed by atoms with Crippen molar-refractivity contribution in [1.29, 1.82) is 0 Å². The lowest BCUT2D eigenvalue weighted by Crippen LogP contribution is -1.95. The van der Waals surface area contributed by atoms with Gasteiger partial charge in [-0.3, -0.25) is 0 Å². The maximum Gasteiger partial charge on any atom is 0.335 e. The van der Waals surface area contributed by atoms with Crippen LogP contribution < -0.4 is 0 Å². The van der Waals surface area contributed by atoms with E-state index < -0.39 is 5.97 Å². The van der Waals surface area contributed by atoms with Gasteiger partial charge in [-0.25, -0.2) is 4.79 Å². The number of aromatic carboxylic acids is 1. The summed E-state index contributed by atoms with van der Waals surface area (Å²) >= 11 is 0. The van der Waals surface area contributed by atoms with Crippen LogP contribution in [-0.4, -0.2) is 15.6 Å². The van der Waals surface area contributed by atoms with Crippen LogP contribution in [0.15, 0.2) is 53.1 Å². The molecule has 106 valence electrons. The molecule has 21 heavy (non-hydrogen) atoms. The number of benzene rings is 1. The minimum Gasteiger partial charge on any atom is -0.478 e. The molecule has 3 aromatic rings. The number of aromatic nitrogens is 1. The van der Waals surface area contributed by atoms with Crippen molar-refractivity contribution in [3.63, 3.8) is 0 Å². The first kappa shape index (κ1) is 13.2. The highest BCUT2D eigenvalue weighted by atomic mass is 16.4. The monoisotopic (exact) mass is 281 g/mol. The normalized spacial score (nSPS) is 10.8. The maximum absolute atomic E-state index is 10.9.